The summed E-state index contributed by atoms with van der Waals surface area (Å²) in [5.74, 6) is -0.725. The van der Waals surface area contributed by atoms with Crippen LogP contribution in [-0.2, 0) is 21.4 Å². The second kappa shape index (κ2) is 8.06. The smallest absolute Gasteiger partial charge is 0.321 e. The lowest BCUT2D eigenvalue weighted by Crippen LogP contribution is -2.45. The molecule has 1 heterocycles. The van der Waals surface area contributed by atoms with Crippen LogP contribution < -0.4 is 16.2 Å². The Morgan fingerprint density at radius 3 is 2.46 bits per heavy atom. The van der Waals surface area contributed by atoms with Crippen molar-refractivity contribution in [3.8, 4) is 0 Å². The van der Waals surface area contributed by atoms with Gasteiger partial charge in [0.15, 0.2) is 0 Å². The minimum Gasteiger partial charge on any atom is -0.335 e. The van der Waals surface area contributed by atoms with Crippen LogP contribution >= 0.6 is 0 Å². The van der Waals surface area contributed by atoms with Gasteiger partial charge in [0, 0.05) is 32.4 Å². The van der Waals surface area contributed by atoms with Crippen molar-refractivity contribution in [2.45, 2.75) is 37.8 Å². The number of nitrogens with one attached hydrogen (secondary N) is 2. The fourth-order valence-electron chi connectivity index (χ4n) is 1.68. The first-order chi connectivity index (χ1) is 11.1. The van der Waals surface area contributed by atoms with Crippen molar-refractivity contribution in [2.24, 2.45) is 0 Å². The number of hydrogen-bond acceptors (Lipinski definition) is 5. The van der Waals surface area contributed by atoms with E-state index in [9.17, 15) is 22.8 Å². The first kappa shape index (κ1) is 19.8. The SMILES string of the molecule is CC[C@@H](C)NC(=O)NC(=O)Cn1cc(S(=O)(=O)N(C)C)ccc1=O. The zero-order valence-electron chi connectivity index (χ0n) is 14.1. The Balaban J connectivity index is 2.90. The molecule has 0 aliphatic carbocycles. The lowest BCUT2D eigenvalue weighted by atomic mass is 10.3. The van der Waals surface area contributed by atoms with E-state index in [-0.39, 0.29) is 10.9 Å². The predicted octanol–water partition coefficient (Wildman–Crippen LogP) is -0.277. The van der Waals surface area contributed by atoms with E-state index in [1.165, 1.54) is 20.2 Å². The molecule has 0 radical (unpaired) electrons. The molecule has 9 nitrogen and oxygen atoms in total. The highest BCUT2D eigenvalue weighted by atomic mass is 32.2. The van der Waals surface area contributed by atoms with Crippen molar-refractivity contribution in [2.75, 3.05) is 14.1 Å². The maximum atomic E-state index is 12.1. The maximum Gasteiger partial charge on any atom is 0.321 e. The molecule has 10 heteroatoms. The van der Waals surface area contributed by atoms with Crippen LogP contribution in [0.3, 0.4) is 0 Å². The zero-order chi connectivity index (χ0) is 18.5. The summed E-state index contributed by atoms with van der Waals surface area (Å²) in [6, 6.07) is 1.46. The maximum absolute atomic E-state index is 12.1. The molecule has 1 rings (SSSR count). The Morgan fingerprint density at radius 1 is 1.29 bits per heavy atom. The topological polar surface area (TPSA) is 118 Å². The molecule has 0 unspecified atom stereocenters. The molecule has 0 bridgehead atoms. The third kappa shape index (κ3) is 5.17. The number of pyridine rings is 1. The molecule has 2 N–H and O–H groups in total. The number of imide groups is 1. The highest BCUT2D eigenvalue weighted by molar-refractivity contribution is 7.89. The van der Waals surface area contributed by atoms with Gasteiger partial charge >= 0.3 is 6.03 Å². The van der Waals surface area contributed by atoms with Crippen LogP contribution in [0.1, 0.15) is 20.3 Å². The summed E-state index contributed by atoms with van der Waals surface area (Å²) in [6.07, 6.45) is 1.77. The van der Waals surface area contributed by atoms with Crippen LogP contribution in [0.5, 0.6) is 0 Å². The van der Waals surface area contributed by atoms with Crippen molar-refractivity contribution in [3.05, 3.63) is 28.7 Å². The fourth-order valence-corrected chi connectivity index (χ4v) is 2.60. The van der Waals surface area contributed by atoms with E-state index in [2.05, 4.69) is 10.6 Å². The molecule has 0 aromatic carbocycles. The molecule has 134 valence electrons. The molecule has 3 amide bonds. The van der Waals surface area contributed by atoms with Gasteiger partial charge in [-0.2, -0.15) is 0 Å². The molecule has 24 heavy (non-hydrogen) atoms. The van der Waals surface area contributed by atoms with E-state index in [4.69, 9.17) is 0 Å². The van der Waals surface area contributed by atoms with Gasteiger partial charge < -0.3 is 9.88 Å². The summed E-state index contributed by atoms with van der Waals surface area (Å²) in [6.45, 7) is 3.19. The fraction of sp³-hybridized carbons (Fsp3) is 0.500. The number of urea groups is 1. The van der Waals surface area contributed by atoms with Crippen molar-refractivity contribution in [1.82, 2.24) is 19.5 Å². The van der Waals surface area contributed by atoms with Crippen molar-refractivity contribution >= 4 is 22.0 Å². The van der Waals surface area contributed by atoms with E-state index in [1.807, 2.05) is 6.92 Å². The molecular weight excluding hydrogens is 336 g/mol. The molecule has 0 spiro atoms. The van der Waals surface area contributed by atoms with Crippen molar-refractivity contribution in [1.29, 1.82) is 0 Å². The number of nitrogens with zero attached hydrogens (tertiary/aromatic N) is 2. The standard InChI is InChI=1S/C14H22N4O5S/c1-5-10(2)15-14(21)16-12(19)9-18-8-11(6-7-13(18)20)24(22,23)17(3)4/h6-8,10H,5,9H2,1-4H3,(H2,15,16,19,21)/t10-/m1/s1. The number of aromatic nitrogens is 1. The van der Waals surface area contributed by atoms with Crippen LogP contribution in [0.2, 0.25) is 0 Å². The second-order valence-corrected chi connectivity index (χ2v) is 7.60. The van der Waals surface area contributed by atoms with E-state index < -0.39 is 34.1 Å². The number of carbonyl (C=O) groups is 2. The molecule has 0 aliphatic rings. The van der Waals surface area contributed by atoms with E-state index in [0.717, 1.165) is 21.1 Å². The van der Waals surface area contributed by atoms with Gasteiger partial charge in [-0.15, -0.1) is 0 Å². The monoisotopic (exact) mass is 358 g/mol. The average Bonchev–Trinajstić information content (AvgIpc) is 2.48. The van der Waals surface area contributed by atoms with Gasteiger partial charge in [0.05, 0.1) is 4.90 Å². The minimum absolute atomic E-state index is 0.103. The second-order valence-electron chi connectivity index (χ2n) is 5.45. The summed E-state index contributed by atoms with van der Waals surface area (Å²) >= 11 is 0. The predicted molar refractivity (Wildman–Crippen MR) is 88.0 cm³/mol. The molecular formula is C14H22N4O5S. The number of carbonyl (C=O) groups excluding carboxylic acids is 2. The van der Waals surface area contributed by atoms with Gasteiger partial charge in [-0.3, -0.25) is 14.9 Å². The van der Waals surface area contributed by atoms with E-state index in [1.54, 1.807) is 6.92 Å². The highest BCUT2D eigenvalue weighted by Gasteiger charge is 2.19. The number of sulfonamides is 1. The van der Waals surface area contributed by atoms with Gasteiger partial charge in [-0.1, -0.05) is 6.92 Å². The molecule has 1 aromatic heterocycles. The molecule has 0 aliphatic heterocycles. The Morgan fingerprint density at radius 2 is 1.92 bits per heavy atom. The largest absolute Gasteiger partial charge is 0.335 e. The van der Waals surface area contributed by atoms with Crippen LogP contribution in [0, 0.1) is 0 Å². The van der Waals surface area contributed by atoms with Gasteiger partial charge in [-0.25, -0.2) is 17.5 Å². The van der Waals surface area contributed by atoms with Crippen LogP contribution in [0.15, 0.2) is 28.0 Å². The van der Waals surface area contributed by atoms with Gasteiger partial charge in [0.25, 0.3) is 5.56 Å². The molecule has 0 fully saturated rings. The molecule has 0 saturated carbocycles. The van der Waals surface area contributed by atoms with Crippen LogP contribution in [0.4, 0.5) is 4.79 Å². The Hall–Kier alpha value is -2.20. The Bertz CT molecular complexity index is 770. The first-order valence-corrected chi connectivity index (χ1v) is 8.75. The quantitative estimate of drug-likeness (QED) is 0.725. The van der Waals surface area contributed by atoms with Crippen LogP contribution in [-0.4, -0.2) is 49.4 Å². The lowest BCUT2D eigenvalue weighted by molar-refractivity contribution is -0.120. The minimum atomic E-state index is -3.73. The summed E-state index contributed by atoms with van der Waals surface area (Å²) in [5.41, 5.74) is -0.551. The zero-order valence-corrected chi connectivity index (χ0v) is 14.9. The van der Waals surface area contributed by atoms with Gasteiger partial charge in [0.1, 0.15) is 6.54 Å². The van der Waals surface area contributed by atoms with Gasteiger partial charge in [-0.05, 0) is 19.4 Å². The van der Waals surface area contributed by atoms with Gasteiger partial charge in [0.2, 0.25) is 15.9 Å². The first-order valence-electron chi connectivity index (χ1n) is 7.31. The molecule has 1 atom stereocenters. The third-order valence-corrected chi connectivity index (χ3v) is 5.09. The summed E-state index contributed by atoms with van der Waals surface area (Å²) in [7, 11) is -1.02. The number of amides is 3. The highest BCUT2D eigenvalue weighted by Crippen LogP contribution is 2.10. The van der Waals surface area contributed by atoms with E-state index >= 15 is 0 Å². The average molecular weight is 358 g/mol. The molecule has 0 saturated heterocycles. The lowest BCUT2D eigenvalue weighted by Gasteiger charge is -2.14. The summed E-state index contributed by atoms with van der Waals surface area (Å²) < 4.78 is 26.0. The Kier molecular flexibility index (Phi) is 6.67. The molecule has 1 aromatic rings. The van der Waals surface area contributed by atoms with Crippen LogP contribution in [0.25, 0.3) is 0 Å². The van der Waals surface area contributed by atoms with Crippen molar-refractivity contribution in [3.63, 3.8) is 0 Å². The van der Waals surface area contributed by atoms with E-state index in [0.29, 0.717) is 6.42 Å². The number of hydrogen-bond donors (Lipinski definition) is 2. The summed E-state index contributed by atoms with van der Waals surface area (Å²) in [4.78, 5) is 35.1. The number of rotatable bonds is 6. The third-order valence-electron chi connectivity index (χ3n) is 3.29. The van der Waals surface area contributed by atoms with Crippen molar-refractivity contribution < 1.29 is 18.0 Å². The summed E-state index contributed by atoms with van der Waals surface area (Å²) in [5, 5.41) is 4.64. The normalized spacial score (nSPS) is 12.7. The Labute approximate surface area is 140 Å².